The highest BCUT2D eigenvalue weighted by Crippen LogP contribution is 2.06. The number of guanidine groups is 1. The van der Waals surface area contributed by atoms with Gasteiger partial charge in [0.25, 0.3) is 0 Å². The van der Waals surface area contributed by atoms with Crippen molar-refractivity contribution in [2.45, 2.75) is 46.1 Å². The lowest BCUT2D eigenvalue weighted by atomic mass is 10.0. The summed E-state index contributed by atoms with van der Waals surface area (Å²) in [5, 5.41) is 6.66. The molecule has 0 saturated heterocycles. The number of nitrogens with zero attached hydrogens (tertiary/aromatic N) is 2. The molecule has 0 radical (unpaired) electrons. The van der Waals surface area contributed by atoms with E-state index in [0.717, 1.165) is 25.0 Å². The fraction of sp³-hybridized carbons (Fsp3) is 0.667. The summed E-state index contributed by atoms with van der Waals surface area (Å²) in [5.41, 5.74) is 0. The molecule has 2 N–H and O–H groups in total. The lowest BCUT2D eigenvalue weighted by molar-refractivity contribution is -0.127. The van der Waals surface area contributed by atoms with Crippen LogP contribution in [0.5, 0.6) is 0 Å². The van der Waals surface area contributed by atoms with Crippen LogP contribution in [0.3, 0.4) is 0 Å². The predicted octanol–water partition coefficient (Wildman–Crippen LogP) is 2.27. The summed E-state index contributed by atoms with van der Waals surface area (Å²) >= 11 is 0. The van der Waals surface area contributed by atoms with Crippen LogP contribution in [-0.2, 0) is 11.2 Å². The summed E-state index contributed by atoms with van der Waals surface area (Å²) in [6.45, 7) is 7.42. The fourth-order valence-corrected chi connectivity index (χ4v) is 2.09. The topological polar surface area (TPSA) is 69.9 Å². The van der Waals surface area contributed by atoms with Crippen LogP contribution in [0.2, 0.25) is 0 Å². The Hall–Kier alpha value is -1.98. The molecule has 0 bridgehead atoms. The van der Waals surface area contributed by atoms with Gasteiger partial charge in [-0.15, -0.1) is 0 Å². The molecule has 1 atom stereocenters. The summed E-state index contributed by atoms with van der Waals surface area (Å²) in [4.78, 5) is 17.7. The van der Waals surface area contributed by atoms with Crippen LogP contribution in [0.1, 0.15) is 39.4 Å². The number of carbonyl (C=O) groups is 1. The number of furan rings is 1. The van der Waals surface area contributed by atoms with E-state index in [1.54, 1.807) is 25.3 Å². The Balaban J connectivity index is 2.53. The summed E-state index contributed by atoms with van der Waals surface area (Å²) in [5.74, 6) is 2.26. The van der Waals surface area contributed by atoms with Gasteiger partial charge in [0.15, 0.2) is 5.96 Å². The molecular weight excluding hydrogens is 304 g/mol. The molecule has 0 aliphatic heterocycles. The Labute approximate surface area is 145 Å². The number of amides is 1. The third-order valence-corrected chi connectivity index (χ3v) is 3.68. The van der Waals surface area contributed by atoms with E-state index in [0.29, 0.717) is 24.5 Å². The Morgan fingerprint density at radius 1 is 1.29 bits per heavy atom. The molecule has 0 aliphatic carbocycles. The van der Waals surface area contributed by atoms with Crippen molar-refractivity contribution in [2.75, 3.05) is 27.2 Å². The second-order valence-electron chi connectivity index (χ2n) is 6.73. The lowest BCUT2D eigenvalue weighted by Crippen LogP contribution is -2.43. The van der Waals surface area contributed by atoms with Crippen LogP contribution in [0.4, 0.5) is 0 Å². The van der Waals surface area contributed by atoms with Crippen molar-refractivity contribution < 1.29 is 9.21 Å². The standard InChI is InChI=1S/C18H32N4O2/c1-14(2)8-9-15(3)21-18(20-13-17(23)22(4)5)19-11-10-16-7-6-12-24-16/h6-7,12,14-15H,8-11,13H2,1-5H3,(H2,19,20,21). The van der Waals surface area contributed by atoms with Gasteiger partial charge in [-0.3, -0.25) is 4.79 Å². The highest BCUT2D eigenvalue weighted by Gasteiger charge is 2.09. The maximum absolute atomic E-state index is 11.8. The lowest BCUT2D eigenvalue weighted by Gasteiger charge is -2.19. The van der Waals surface area contributed by atoms with Crippen molar-refractivity contribution in [3.63, 3.8) is 0 Å². The molecule has 0 fully saturated rings. The molecular formula is C18H32N4O2. The number of hydrogen-bond acceptors (Lipinski definition) is 3. The number of rotatable bonds is 9. The molecule has 0 aromatic carbocycles. The Morgan fingerprint density at radius 3 is 2.62 bits per heavy atom. The third kappa shape index (κ3) is 8.60. The average Bonchev–Trinajstić information content (AvgIpc) is 3.03. The third-order valence-electron chi connectivity index (χ3n) is 3.68. The normalized spacial score (nSPS) is 13.0. The highest BCUT2D eigenvalue weighted by atomic mass is 16.3. The average molecular weight is 336 g/mol. The number of nitrogens with one attached hydrogen (secondary N) is 2. The largest absolute Gasteiger partial charge is 0.469 e. The predicted molar refractivity (Wildman–Crippen MR) is 98.1 cm³/mol. The number of likely N-dealkylation sites (N-methyl/N-ethyl adjacent to an activating group) is 1. The van der Waals surface area contributed by atoms with Gasteiger partial charge in [0.05, 0.1) is 6.26 Å². The van der Waals surface area contributed by atoms with Gasteiger partial charge in [-0.25, -0.2) is 4.99 Å². The first-order valence-corrected chi connectivity index (χ1v) is 8.66. The van der Waals surface area contributed by atoms with Gasteiger partial charge in [-0.2, -0.15) is 0 Å². The summed E-state index contributed by atoms with van der Waals surface area (Å²) in [6, 6.07) is 4.13. The van der Waals surface area contributed by atoms with Crippen molar-refractivity contribution in [3.8, 4) is 0 Å². The molecule has 1 aromatic rings. The minimum atomic E-state index is -0.0167. The molecule has 1 aromatic heterocycles. The Bertz CT molecular complexity index is 495. The van der Waals surface area contributed by atoms with E-state index < -0.39 is 0 Å². The maximum atomic E-state index is 11.8. The van der Waals surface area contributed by atoms with Crippen molar-refractivity contribution in [1.29, 1.82) is 0 Å². The highest BCUT2D eigenvalue weighted by molar-refractivity contribution is 5.84. The molecule has 1 rings (SSSR count). The van der Waals surface area contributed by atoms with Crippen LogP contribution in [0, 0.1) is 5.92 Å². The van der Waals surface area contributed by atoms with Crippen LogP contribution < -0.4 is 10.6 Å². The SMILES string of the molecule is CC(C)CCC(C)NC(=NCC(=O)N(C)C)NCCc1ccco1. The van der Waals surface area contributed by atoms with Gasteiger partial charge in [0.2, 0.25) is 5.91 Å². The van der Waals surface area contributed by atoms with Crippen molar-refractivity contribution in [1.82, 2.24) is 15.5 Å². The van der Waals surface area contributed by atoms with E-state index in [9.17, 15) is 4.79 Å². The van der Waals surface area contributed by atoms with Gasteiger partial charge in [-0.1, -0.05) is 13.8 Å². The van der Waals surface area contributed by atoms with Crippen molar-refractivity contribution >= 4 is 11.9 Å². The van der Waals surface area contributed by atoms with Gasteiger partial charge in [-0.05, 0) is 37.8 Å². The van der Waals surface area contributed by atoms with Crippen LogP contribution >= 0.6 is 0 Å². The second-order valence-corrected chi connectivity index (χ2v) is 6.73. The van der Waals surface area contributed by atoms with E-state index in [2.05, 4.69) is 36.4 Å². The first-order valence-electron chi connectivity index (χ1n) is 8.66. The molecule has 24 heavy (non-hydrogen) atoms. The van der Waals surface area contributed by atoms with Gasteiger partial charge >= 0.3 is 0 Å². The van der Waals surface area contributed by atoms with E-state index in [1.807, 2.05) is 12.1 Å². The van der Waals surface area contributed by atoms with Crippen LogP contribution in [-0.4, -0.2) is 50.0 Å². The monoisotopic (exact) mass is 336 g/mol. The number of carbonyl (C=O) groups excluding carboxylic acids is 1. The molecule has 1 unspecified atom stereocenters. The Morgan fingerprint density at radius 2 is 2.04 bits per heavy atom. The van der Waals surface area contributed by atoms with E-state index >= 15 is 0 Å². The summed E-state index contributed by atoms with van der Waals surface area (Å²) in [6.07, 6.45) is 4.67. The van der Waals surface area contributed by atoms with Gasteiger partial charge < -0.3 is 20.0 Å². The number of hydrogen-bond donors (Lipinski definition) is 2. The first-order chi connectivity index (χ1) is 11.4. The second kappa shape index (κ2) is 10.7. The minimum absolute atomic E-state index is 0.0167. The van der Waals surface area contributed by atoms with E-state index in [-0.39, 0.29) is 12.5 Å². The Kier molecular flexibility index (Phi) is 8.97. The molecule has 1 amide bonds. The van der Waals surface area contributed by atoms with Gasteiger partial charge in [0, 0.05) is 33.1 Å². The maximum Gasteiger partial charge on any atom is 0.243 e. The summed E-state index contributed by atoms with van der Waals surface area (Å²) < 4.78 is 5.33. The van der Waals surface area contributed by atoms with Crippen LogP contribution in [0.15, 0.2) is 27.8 Å². The van der Waals surface area contributed by atoms with E-state index in [4.69, 9.17) is 4.42 Å². The quantitative estimate of drug-likeness (QED) is 0.536. The molecule has 136 valence electrons. The van der Waals surface area contributed by atoms with E-state index in [1.165, 1.54) is 0 Å². The van der Waals surface area contributed by atoms with Crippen molar-refractivity contribution in [2.24, 2.45) is 10.9 Å². The van der Waals surface area contributed by atoms with Crippen molar-refractivity contribution in [3.05, 3.63) is 24.2 Å². The van der Waals surface area contributed by atoms with Crippen LogP contribution in [0.25, 0.3) is 0 Å². The smallest absolute Gasteiger partial charge is 0.243 e. The minimum Gasteiger partial charge on any atom is -0.469 e. The molecule has 0 spiro atoms. The molecule has 1 heterocycles. The molecule has 0 aliphatic rings. The summed E-state index contributed by atoms with van der Waals surface area (Å²) in [7, 11) is 3.47. The zero-order chi connectivity index (χ0) is 17.9. The molecule has 6 heteroatoms. The zero-order valence-electron chi connectivity index (χ0n) is 15.6. The number of aliphatic imine (C=N–C) groups is 1. The zero-order valence-corrected chi connectivity index (χ0v) is 15.6. The fourth-order valence-electron chi connectivity index (χ4n) is 2.09. The first kappa shape index (κ1) is 20.1. The molecule has 0 saturated carbocycles. The van der Waals surface area contributed by atoms with Gasteiger partial charge in [0.1, 0.15) is 12.3 Å². The molecule has 6 nitrogen and oxygen atoms in total.